The highest BCUT2D eigenvalue weighted by atomic mass is 79.9. The number of rotatable bonds is 7. The summed E-state index contributed by atoms with van der Waals surface area (Å²) >= 11 is 4.74. The lowest BCUT2D eigenvalue weighted by molar-refractivity contribution is -0.113. The maximum atomic E-state index is 12.2. The van der Waals surface area contributed by atoms with Crippen molar-refractivity contribution in [3.8, 4) is 17.1 Å². The summed E-state index contributed by atoms with van der Waals surface area (Å²) in [5.41, 5.74) is 1.69. The molecule has 1 heterocycles. The highest BCUT2D eigenvalue weighted by Gasteiger charge is 2.15. The second-order valence-electron chi connectivity index (χ2n) is 5.63. The molecule has 3 rings (SSSR count). The van der Waals surface area contributed by atoms with E-state index in [1.807, 2.05) is 60.0 Å². The van der Waals surface area contributed by atoms with E-state index >= 15 is 0 Å². The smallest absolute Gasteiger partial charge is 0.234 e. The van der Waals surface area contributed by atoms with E-state index in [0.717, 1.165) is 27.3 Å². The average Bonchev–Trinajstić information content (AvgIpc) is 3.11. The fourth-order valence-corrected chi connectivity index (χ4v) is 3.58. The first-order valence-corrected chi connectivity index (χ1v) is 10.1. The van der Waals surface area contributed by atoms with Gasteiger partial charge in [-0.1, -0.05) is 39.8 Å². The van der Waals surface area contributed by atoms with Gasteiger partial charge in [-0.15, -0.1) is 10.2 Å². The number of benzene rings is 2. The molecule has 0 bridgehead atoms. The van der Waals surface area contributed by atoms with Crippen molar-refractivity contribution >= 4 is 39.3 Å². The van der Waals surface area contributed by atoms with Gasteiger partial charge in [-0.25, -0.2) is 0 Å². The van der Waals surface area contributed by atoms with Gasteiger partial charge in [0.2, 0.25) is 5.91 Å². The number of hydrogen-bond acceptors (Lipinski definition) is 5. The summed E-state index contributed by atoms with van der Waals surface area (Å²) in [5.74, 6) is 1.69. The van der Waals surface area contributed by atoms with Gasteiger partial charge in [-0.2, -0.15) is 0 Å². The molecule has 8 heteroatoms. The SMILES string of the molecule is CCn1c(SCC(=O)Nc2ccc(Br)cc2)nnc1-c1cccc(OC)c1. The van der Waals surface area contributed by atoms with Crippen molar-refractivity contribution in [2.75, 3.05) is 18.2 Å². The van der Waals surface area contributed by atoms with E-state index in [0.29, 0.717) is 11.7 Å². The quantitative estimate of drug-likeness (QED) is 0.542. The van der Waals surface area contributed by atoms with E-state index < -0.39 is 0 Å². The zero-order chi connectivity index (χ0) is 19.2. The number of nitrogens with one attached hydrogen (secondary N) is 1. The minimum absolute atomic E-state index is 0.0871. The van der Waals surface area contributed by atoms with Crippen molar-refractivity contribution in [1.82, 2.24) is 14.8 Å². The zero-order valence-electron chi connectivity index (χ0n) is 15.0. The first-order chi connectivity index (χ1) is 13.1. The lowest BCUT2D eigenvalue weighted by Gasteiger charge is -2.09. The molecule has 3 aromatic rings. The minimum atomic E-state index is -0.0871. The highest BCUT2D eigenvalue weighted by Crippen LogP contribution is 2.26. The van der Waals surface area contributed by atoms with Crippen molar-refractivity contribution in [2.24, 2.45) is 0 Å². The van der Waals surface area contributed by atoms with Gasteiger partial charge in [0.25, 0.3) is 0 Å². The monoisotopic (exact) mass is 446 g/mol. The number of methoxy groups -OCH3 is 1. The summed E-state index contributed by atoms with van der Waals surface area (Å²) in [6, 6.07) is 15.2. The Bertz CT molecular complexity index is 928. The maximum Gasteiger partial charge on any atom is 0.234 e. The third-order valence-corrected chi connectivity index (χ3v) is 5.32. The Labute approximate surface area is 170 Å². The van der Waals surface area contributed by atoms with E-state index in [1.54, 1.807) is 7.11 Å². The molecule has 2 aromatic carbocycles. The van der Waals surface area contributed by atoms with Crippen LogP contribution >= 0.6 is 27.7 Å². The molecule has 27 heavy (non-hydrogen) atoms. The van der Waals surface area contributed by atoms with Crippen molar-refractivity contribution in [3.05, 3.63) is 53.0 Å². The van der Waals surface area contributed by atoms with Crippen LogP contribution in [0, 0.1) is 0 Å². The Hall–Kier alpha value is -2.32. The van der Waals surface area contributed by atoms with Crippen LogP contribution in [0.4, 0.5) is 5.69 Å². The van der Waals surface area contributed by atoms with Gasteiger partial charge < -0.3 is 14.6 Å². The number of amides is 1. The van der Waals surface area contributed by atoms with Crippen LogP contribution in [0.25, 0.3) is 11.4 Å². The molecule has 0 radical (unpaired) electrons. The predicted octanol–water partition coefficient (Wildman–Crippen LogP) is 4.47. The van der Waals surface area contributed by atoms with Gasteiger partial charge in [-0.3, -0.25) is 4.79 Å². The number of anilines is 1. The van der Waals surface area contributed by atoms with Crippen LogP contribution < -0.4 is 10.1 Å². The number of carbonyl (C=O) groups is 1. The number of hydrogen-bond donors (Lipinski definition) is 1. The number of ether oxygens (including phenoxy) is 1. The number of aromatic nitrogens is 3. The summed E-state index contributed by atoms with van der Waals surface area (Å²) in [6.07, 6.45) is 0. The van der Waals surface area contributed by atoms with Crippen LogP contribution in [0.2, 0.25) is 0 Å². The molecule has 0 aliphatic rings. The molecule has 0 spiro atoms. The average molecular weight is 447 g/mol. The Kier molecular flexibility index (Phi) is 6.52. The molecule has 0 saturated carbocycles. The van der Waals surface area contributed by atoms with Gasteiger partial charge in [0, 0.05) is 22.3 Å². The molecule has 6 nitrogen and oxygen atoms in total. The molecule has 0 aliphatic carbocycles. The Morgan fingerprint density at radius 2 is 2.00 bits per heavy atom. The third kappa shape index (κ3) is 4.90. The van der Waals surface area contributed by atoms with Gasteiger partial charge in [0.05, 0.1) is 12.9 Å². The van der Waals surface area contributed by atoms with Gasteiger partial charge >= 0.3 is 0 Å². The molecule has 0 unspecified atom stereocenters. The fraction of sp³-hybridized carbons (Fsp3) is 0.211. The molecule has 1 N–H and O–H groups in total. The number of thioether (sulfide) groups is 1. The molecular weight excluding hydrogens is 428 g/mol. The van der Waals surface area contributed by atoms with E-state index in [-0.39, 0.29) is 11.7 Å². The molecule has 0 atom stereocenters. The number of halogens is 1. The molecule has 0 aliphatic heterocycles. The van der Waals surface area contributed by atoms with Crippen molar-refractivity contribution < 1.29 is 9.53 Å². The summed E-state index contributed by atoms with van der Waals surface area (Å²) in [7, 11) is 1.63. The molecule has 1 aromatic heterocycles. The van der Waals surface area contributed by atoms with Gasteiger partial charge in [0.1, 0.15) is 5.75 Å². The summed E-state index contributed by atoms with van der Waals surface area (Å²) in [6.45, 7) is 2.73. The molecular formula is C19H19BrN4O2S. The van der Waals surface area contributed by atoms with Crippen LogP contribution in [0.3, 0.4) is 0 Å². The summed E-state index contributed by atoms with van der Waals surface area (Å²) in [5, 5.41) is 12.1. The third-order valence-electron chi connectivity index (χ3n) is 3.82. The summed E-state index contributed by atoms with van der Waals surface area (Å²) in [4.78, 5) is 12.2. The first kappa shape index (κ1) is 19.4. The lowest BCUT2D eigenvalue weighted by atomic mass is 10.2. The second kappa shape index (κ2) is 9.05. The van der Waals surface area contributed by atoms with E-state index in [1.165, 1.54) is 11.8 Å². The zero-order valence-corrected chi connectivity index (χ0v) is 17.4. The largest absolute Gasteiger partial charge is 0.497 e. The second-order valence-corrected chi connectivity index (χ2v) is 7.48. The Morgan fingerprint density at radius 3 is 2.70 bits per heavy atom. The van der Waals surface area contributed by atoms with E-state index in [2.05, 4.69) is 31.4 Å². The van der Waals surface area contributed by atoms with Crippen molar-refractivity contribution in [1.29, 1.82) is 0 Å². The van der Waals surface area contributed by atoms with E-state index in [4.69, 9.17) is 4.74 Å². The maximum absolute atomic E-state index is 12.2. The fourth-order valence-electron chi connectivity index (χ4n) is 2.52. The normalized spacial score (nSPS) is 10.6. The number of carbonyl (C=O) groups excluding carboxylic acids is 1. The summed E-state index contributed by atoms with van der Waals surface area (Å²) < 4.78 is 8.24. The minimum Gasteiger partial charge on any atom is -0.497 e. The molecule has 1 amide bonds. The topological polar surface area (TPSA) is 69.0 Å². The number of nitrogens with zero attached hydrogens (tertiary/aromatic N) is 3. The van der Waals surface area contributed by atoms with Crippen LogP contribution in [0.5, 0.6) is 5.75 Å². The molecule has 0 fully saturated rings. The first-order valence-electron chi connectivity index (χ1n) is 8.36. The highest BCUT2D eigenvalue weighted by molar-refractivity contribution is 9.10. The van der Waals surface area contributed by atoms with Gasteiger partial charge in [-0.05, 0) is 43.3 Å². The van der Waals surface area contributed by atoms with Crippen LogP contribution in [0.1, 0.15) is 6.92 Å². The Balaban J connectivity index is 1.69. The van der Waals surface area contributed by atoms with Crippen molar-refractivity contribution in [3.63, 3.8) is 0 Å². The van der Waals surface area contributed by atoms with Crippen LogP contribution in [-0.2, 0) is 11.3 Å². The standard InChI is InChI=1S/C19H19BrN4O2S/c1-3-24-18(13-5-4-6-16(11-13)26-2)22-23-19(24)27-12-17(25)21-15-9-7-14(20)8-10-15/h4-11H,3,12H2,1-2H3,(H,21,25). The lowest BCUT2D eigenvalue weighted by Crippen LogP contribution is -2.14. The van der Waals surface area contributed by atoms with Crippen molar-refractivity contribution in [2.45, 2.75) is 18.6 Å². The van der Waals surface area contributed by atoms with Gasteiger partial charge in [0.15, 0.2) is 11.0 Å². The van der Waals surface area contributed by atoms with E-state index in [9.17, 15) is 4.79 Å². The van der Waals surface area contributed by atoms with Crippen LogP contribution in [0.15, 0.2) is 58.2 Å². The van der Waals surface area contributed by atoms with Crippen LogP contribution in [-0.4, -0.2) is 33.5 Å². The Morgan fingerprint density at radius 1 is 1.22 bits per heavy atom. The predicted molar refractivity (Wildman–Crippen MR) is 111 cm³/mol. The molecule has 0 saturated heterocycles. The molecule has 140 valence electrons.